The van der Waals surface area contributed by atoms with Gasteiger partial charge in [0.1, 0.15) is 11.6 Å². The van der Waals surface area contributed by atoms with Crippen molar-refractivity contribution in [2.45, 2.75) is 0 Å². The maximum absolute atomic E-state index is 13.5. The summed E-state index contributed by atoms with van der Waals surface area (Å²) in [7, 11) is 1.56. The van der Waals surface area contributed by atoms with Crippen molar-refractivity contribution in [1.29, 1.82) is 0 Å². The zero-order valence-electron chi connectivity index (χ0n) is 10.0. The Morgan fingerprint density at radius 1 is 1.26 bits per heavy atom. The van der Waals surface area contributed by atoms with E-state index in [-0.39, 0.29) is 0 Å². The Hall–Kier alpha value is -1.46. The van der Waals surface area contributed by atoms with Crippen molar-refractivity contribution in [2.24, 2.45) is 0 Å². The van der Waals surface area contributed by atoms with Crippen LogP contribution in [0.1, 0.15) is 0 Å². The molecule has 2 aromatic carbocycles. The first-order valence-corrected chi connectivity index (χ1v) is 6.53. The fraction of sp³-hybridized carbons (Fsp3) is 0.0769. The molecule has 3 nitrogen and oxygen atoms in total. The van der Waals surface area contributed by atoms with Crippen molar-refractivity contribution < 1.29 is 9.13 Å². The van der Waals surface area contributed by atoms with Gasteiger partial charge in [-0.15, -0.1) is 0 Å². The minimum Gasteiger partial charge on any atom is -0.497 e. The second-order valence-electron chi connectivity index (χ2n) is 3.82. The fourth-order valence-corrected chi connectivity index (χ4v) is 2.07. The van der Waals surface area contributed by atoms with Gasteiger partial charge in [-0.1, -0.05) is 11.6 Å². The summed E-state index contributed by atoms with van der Waals surface area (Å²) < 4.78 is 18.9. The van der Waals surface area contributed by atoms with E-state index < -0.39 is 5.82 Å². The first-order valence-electron chi connectivity index (χ1n) is 5.36. The van der Waals surface area contributed by atoms with E-state index >= 15 is 0 Å². The summed E-state index contributed by atoms with van der Waals surface area (Å²) in [6, 6.07) is 7.93. The Labute approximate surface area is 123 Å². The summed E-state index contributed by atoms with van der Waals surface area (Å²) in [5.41, 5.74) is 7.27. The molecule has 0 aliphatic rings. The van der Waals surface area contributed by atoms with Crippen LogP contribution in [-0.2, 0) is 0 Å². The van der Waals surface area contributed by atoms with Crippen molar-refractivity contribution in [2.75, 3.05) is 18.2 Å². The number of methoxy groups -OCH3 is 1. The molecule has 0 bridgehead atoms. The Bertz CT molecular complexity index is 622. The number of nitrogens with two attached hydrogens (primary N) is 1. The normalized spacial score (nSPS) is 10.3. The van der Waals surface area contributed by atoms with Crippen LogP contribution in [0.25, 0.3) is 0 Å². The van der Waals surface area contributed by atoms with Crippen LogP contribution in [0, 0.1) is 5.82 Å². The highest BCUT2D eigenvalue weighted by atomic mass is 79.9. The van der Waals surface area contributed by atoms with Crippen LogP contribution in [0.4, 0.5) is 21.5 Å². The van der Waals surface area contributed by atoms with E-state index in [1.165, 1.54) is 12.1 Å². The first-order chi connectivity index (χ1) is 9.01. The molecule has 100 valence electrons. The number of halogens is 3. The second-order valence-corrected chi connectivity index (χ2v) is 5.09. The van der Waals surface area contributed by atoms with E-state index in [0.29, 0.717) is 32.3 Å². The average molecular weight is 346 g/mol. The summed E-state index contributed by atoms with van der Waals surface area (Å²) in [5, 5.41) is 3.47. The van der Waals surface area contributed by atoms with Gasteiger partial charge < -0.3 is 15.8 Å². The van der Waals surface area contributed by atoms with E-state index in [1.807, 2.05) is 0 Å². The zero-order chi connectivity index (χ0) is 14.0. The third-order valence-corrected chi connectivity index (χ3v) is 3.47. The van der Waals surface area contributed by atoms with Gasteiger partial charge in [-0.25, -0.2) is 4.39 Å². The molecule has 0 saturated heterocycles. The number of ether oxygens (including phenoxy) is 1. The topological polar surface area (TPSA) is 47.3 Å². The Morgan fingerprint density at radius 2 is 2.00 bits per heavy atom. The molecule has 0 unspecified atom stereocenters. The number of benzene rings is 2. The van der Waals surface area contributed by atoms with Gasteiger partial charge >= 0.3 is 0 Å². The smallest absolute Gasteiger partial charge is 0.139 e. The summed E-state index contributed by atoms with van der Waals surface area (Å²) in [4.78, 5) is 0. The van der Waals surface area contributed by atoms with Crippen molar-refractivity contribution in [3.05, 3.63) is 45.6 Å². The van der Waals surface area contributed by atoms with E-state index in [1.54, 1.807) is 25.3 Å². The predicted molar refractivity (Wildman–Crippen MR) is 79.8 cm³/mol. The van der Waals surface area contributed by atoms with Gasteiger partial charge in [-0.3, -0.25) is 0 Å². The van der Waals surface area contributed by atoms with Crippen molar-refractivity contribution in [3.8, 4) is 5.75 Å². The maximum atomic E-state index is 13.5. The van der Waals surface area contributed by atoms with Crippen LogP contribution < -0.4 is 15.8 Å². The standard InChI is InChI=1S/C13H11BrClFN2O/c1-19-7-2-3-9(15)12(4-7)18-13-6-10(16)8(14)5-11(13)17/h2-6,18H,17H2,1H3. The maximum Gasteiger partial charge on any atom is 0.139 e. The monoisotopic (exact) mass is 344 g/mol. The Morgan fingerprint density at radius 3 is 2.68 bits per heavy atom. The highest BCUT2D eigenvalue weighted by Gasteiger charge is 2.09. The fourth-order valence-electron chi connectivity index (χ4n) is 1.54. The molecule has 0 aliphatic heterocycles. The Kier molecular flexibility index (Phi) is 4.17. The highest BCUT2D eigenvalue weighted by Crippen LogP contribution is 2.33. The minimum atomic E-state index is -0.407. The lowest BCUT2D eigenvalue weighted by Crippen LogP contribution is -1.98. The molecule has 0 aliphatic carbocycles. The lowest BCUT2D eigenvalue weighted by Gasteiger charge is -2.12. The molecule has 0 atom stereocenters. The molecule has 3 N–H and O–H groups in total. The summed E-state index contributed by atoms with van der Waals surface area (Å²) in [6.07, 6.45) is 0. The van der Waals surface area contributed by atoms with Crippen molar-refractivity contribution >= 4 is 44.6 Å². The number of nitrogens with one attached hydrogen (secondary N) is 1. The third kappa shape index (κ3) is 3.11. The molecule has 0 saturated carbocycles. The molecular formula is C13H11BrClFN2O. The first kappa shape index (κ1) is 14.0. The molecular weight excluding hydrogens is 335 g/mol. The van der Waals surface area contributed by atoms with E-state index in [2.05, 4.69) is 21.2 Å². The van der Waals surface area contributed by atoms with Gasteiger partial charge in [0.15, 0.2) is 0 Å². The second kappa shape index (κ2) is 5.67. The third-order valence-electron chi connectivity index (χ3n) is 2.54. The van der Waals surface area contributed by atoms with Crippen molar-refractivity contribution in [3.63, 3.8) is 0 Å². The van der Waals surface area contributed by atoms with Crippen LogP contribution in [-0.4, -0.2) is 7.11 Å². The van der Waals surface area contributed by atoms with Crippen molar-refractivity contribution in [1.82, 2.24) is 0 Å². The van der Waals surface area contributed by atoms with E-state index in [4.69, 9.17) is 22.1 Å². The molecule has 0 aromatic heterocycles. The minimum absolute atomic E-state index is 0.312. The van der Waals surface area contributed by atoms with Crippen LogP contribution in [0.3, 0.4) is 0 Å². The van der Waals surface area contributed by atoms with E-state index in [9.17, 15) is 4.39 Å². The van der Waals surface area contributed by atoms with Crippen LogP contribution in [0.5, 0.6) is 5.75 Å². The molecule has 2 rings (SSSR count). The Balaban J connectivity index is 2.38. The summed E-state index contributed by atoms with van der Waals surface area (Å²) in [5.74, 6) is 0.235. The van der Waals surface area contributed by atoms with Gasteiger partial charge in [0.05, 0.1) is 33.7 Å². The van der Waals surface area contributed by atoms with Gasteiger partial charge in [0.25, 0.3) is 0 Å². The molecule has 2 aromatic rings. The number of hydrogen-bond acceptors (Lipinski definition) is 3. The van der Waals surface area contributed by atoms with Gasteiger partial charge in [0, 0.05) is 12.1 Å². The van der Waals surface area contributed by atoms with Crippen LogP contribution in [0.15, 0.2) is 34.8 Å². The molecule has 0 spiro atoms. The lowest BCUT2D eigenvalue weighted by molar-refractivity contribution is 0.415. The quantitative estimate of drug-likeness (QED) is 0.801. The number of rotatable bonds is 3. The highest BCUT2D eigenvalue weighted by molar-refractivity contribution is 9.10. The largest absolute Gasteiger partial charge is 0.497 e. The lowest BCUT2D eigenvalue weighted by atomic mass is 10.2. The SMILES string of the molecule is COc1ccc(Cl)c(Nc2cc(F)c(Br)cc2N)c1. The average Bonchev–Trinajstić information content (AvgIpc) is 2.38. The number of anilines is 3. The predicted octanol–water partition coefficient (Wildman–Crippen LogP) is 4.58. The zero-order valence-corrected chi connectivity index (χ0v) is 12.3. The van der Waals surface area contributed by atoms with Gasteiger partial charge in [-0.05, 0) is 34.1 Å². The number of hydrogen-bond donors (Lipinski definition) is 2. The van der Waals surface area contributed by atoms with E-state index in [0.717, 1.165) is 0 Å². The van der Waals surface area contributed by atoms with Crippen LogP contribution in [0.2, 0.25) is 5.02 Å². The summed E-state index contributed by atoms with van der Waals surface area (Å²) in [6.45, 7) is 0. The molecule has 0 fully saturated rings. The molecule has 0 radical (unpaired) electrons. The summed E-state index contributed by atoms with van der Waals surface area (Å²) >= 11 is 9.14. The molecule has 6 heteroatoms. The van der Waals surface area contributed by atoms with Crippen LogP contribution >= 0.6 is 27.5 Å². The molecule has 0 heterocycles. The molecule has 0 amide bonds. The van der Waals surface area contributed by atoms with Gasteiger partial charge in [-0.2, -0.15) is 0 Å². The number of nitrogen functional groups attached to an aromatic ring is 1. The molecule has 19 heavy (non-hydrogen) atoms. The van der Waals surface area contributed by atoms with Gasteiger partial charge in [0.2, 0.25) is 0 Å².